The summed E-state index contributed by atoms with van der Waals surface area (Å²) in [5.74, 6) is 0.0747. The smallest absolute Gasteiger partial charge is 0.372 e. The first-order chi connectivity index (χ1) is 17.9. The van der Waals surface area contributed by atoms with Crippen molar-refractivity contribution in [3.8, 4) is 0 Å². The summed E-state index contributed by atoms with van der Waals surface area (Å²) < 4.78 is 67.4. The SMILES string of the molecule is CS(=O)(=O)Nc1ccn(C(=O)N2CCC3(CCCN3Cc3cc(N4CCCC4)cc(C(F)(F)F)c3)CC2)n1. The Morgan fingerprint density at radius 1 is 1.03 bits per heavy atom. The number of benzene rings is 1. The normalized spacial score (nSPS) is 20.4. The molecule has 1 amide bonds. The predicted octanol–water partition coefficient (Wildman–Crippen LogP) is 3.97. The number of sulfonamides is 1. The summed E-state index contributed by atoms with van der Waals surface area (Å²) >= 11 is 0. The number of hydrogen-bond acceptors (Lipinski definition) is 6. The number of anilines is 2. The van der Waals surface area contributed by atoms with E-state index in [2.05, 4.69) is 14.7 Å². The molecule has 0 atom stereocenters. The first kappa shape index (κ1) is 26.8. The molecule has 3 aliphatic heterocycles. The van der Waals surface area contributed by atoms with Crippen molar-refractivity contribution in [3.63, 3.8) is 0 Å². The molecule has 208 valence electrons. The maximum atomic E-state index is 13.7. The van der Waals surface area contributed by atoms with Crippen LogP contribution in [0, 0.1) is 0 Å². The summed E-state index contributed by atoms with van der Waals surface area (Å²) in [6.45, 7) is 3.79. The molecule has 1 spiro atoms. The van der Waals surface area contributed by atoms with Gasteiger partial charge in [-0.3, -0.25) is 9.62 Å². The zero-order chi connectivity index (χ0) is 27.1. The van der Waals surface area contributed by atoms with E-state index < -0.39 is 21.8 Å². The van der Waals surface area contributed by atoms with E-state index in [1.165, 1.54) is 24.4 Å². The molecule has 0 unspecified atom stereocenters. The second kappa shape index (κ2) is 10.1. The van der Waals surface area contributed by atoms with Crippen molar-refractivity contribution < 1.29 is 26.4 Å². The number of hydrogen-bond donors (Lipinski definition) is 1. The van der Waals surface area contributed by atoms with Gasteiger partial charge in [-0.1, -0.05) is 0 Å². The zero-order valence-corrected chi connectivity index (χ0v) is 22.2. The largest absolute Gasteiger partial charge is 0.416 e. The minimum absolute atomic E-state index is 0.0747. The minimum Gasteiger partial charge on any atom is -0.372 e. The van der Waals surface area contributed by atoms with Gasteiger partial charge in [0.1, 0.15) is 0 Å². The molecule has 5 rings (SSSR count). The zero-order valence-electron chi connectivity index (χ0n) is 21.4. The lowest BCUT2D eigenvalue weighted by molar-refractivity contribution is -0.137. The molecule has 13 heteroatoms. The minimum atomic E-state index is -4.40. The average Bonchev–Trinajstić information content (AvgIpc) is 3.60. The highest BCUT2D eigenvalue weighted by molar-refractivity contribution is 7.92. The van der Waals surface area contributed by atoms with E-state index in [1.54, 1.807) is 4.90 Å². The van der Waals surface area contributed by atoms with Crippen LogP contribution >= 0.6 is 0 Å². The molecule has 3 aliphatic rings. The van der Waals surface area contributed by atoms with Crippen LogP contribution in [0.25, 0.3) is 0 Å². The van der Waals surface area contributed by atoms with Gasteiger partial charge in [0.25, 0.3) is 0 Å². The standard InChI is InChI=1S/C25H33F3N6O3S/c1-38(36,37)30-22-5-12-34(29-22)23(35)32-13-7-24(8-14-32)6-4-11-33(24)18-19-15-20(25(26,27)28)17-21(16-19)31-9-2-3-10-31/h5,12,15-17H,2-4,6-11,13-14,18H2,1H3,(H,29,30). The Hall–Kier alpha value is -2.80. The maximum Gasteiger partial charge on any atom is 0.416 e. The molecule has 0 radical (unpaired) electrons. The summed E-state index contributed by atoms with van der Waals surface area (Å²) in [5, 5.41) is 4.03. The number of carbonyl (C=O) groups is 1. The quantitative estimate of drug-likeness (QED) is 0.602. The Labute approximate surface area is 220 Å². The second-order valence-electron chi connectivity index (χ2n) is 10.6. The van der Waals surface area contributed by atoms with Crippen molar-refractivity contribution in [3.05, 3.63) is 41.6 Å². The van der Waals surface area contributed by atoms with Crippen LogP contribution in [-0.4, -0.2) is 78.5 Å². The number of amides is 1. The number of rotatable bonds is 5. The number of nitrogens with one attached hydrogen (secondary N) is 1. The average molecular weight is 555 g/mol. The molecule has 1 aromatic heterocycles. The van der Waals surface area contributed by atoms with Crippen LogP contribution in [0.15, 0.2) is 30.5 Å². The molecule has 0 saturated carbocycles. The van der Waals surface area contributed by atoms with Crippen molar-refractivity contribution in [2.24, 2.45) is 0 Å². The molecule has 1 aromatic carbocycles. The number of nitrogens with zero attached hydrogens (tertiary/aromatic N) is 5. The molecule has 1 N–H and O–H groups in total. The van der Waals surface area contributed by atoms with Crippen molar-refractivity contribution >= 4 is 27.6 Å². The summed E-state index contributed by atoms with van der Waals surface area (Å²) in [6, 6.07) is 5.55. The molecule has 9 nitrogen and oxygen atoms in total. The Kier molecular flexibility index (Phi) is 7.10. The van der Waals surface area contributed by atoms with Gasteiger partial charge in [0, 0.05) is 56.2 Å². The van der Waals surface area contributed by atoms with E-state index in [0.717, 1.165) is 56.3 Å². The molecular formula is C25H33F3N6O3S. The summed E-state index contributed by atoms with van der Waals surface area (Å²) in [5.41, 5.74) is 0.551. The first-order valence-electron chi connectivity index (χ1n) is 13.0. The van der Waals surface area contributed by atoms with Crippen LogP contribution in [0.4, 0.5) is 29.5 Å². The fourth-order valence-electron chi connectivity index (χ4n) is 6.05. The van der Waals surface area contributed by atoms with Crippen molar-refractivity contribution in [1.29, 1.82) is 0 Å². The van der Waals surface area contributed by atoms with Crippen LogP contribution in [0.2, 0.25) is 0 Å². The Bertz CT molecular complexity index is 1280. The number of aromatic nitrogens is 2. The van der Waals surface area contributed by atoms with Crippen LogP contribution in [0.3, 0.4) is 0 Å². The fraction of sp³-hybridized carbons (Fsp3) is 0.600. The highest BCUT2D eigenvalue weighted by Gasteiger charge is 2.44. The molecule has 4 heterocycles. The van der Waals surface area contributed by atoms with Crippen LogP contribution < -0.4 is 9.62 Å². The van der Waals surface area contributed by atoms with Crippen molar-refractivity contribution in [1.82, 2.24) is 19.6 Å². The molecular weight excluding hydrogens is 521 g/mol. The molecule has 0 bridgehead atoms. The maximum absolute atomic E-state index is 13.7. The molecule has 3 saturated heterocycles. The van der Waals surface area contributed by atoms with Gasteiger partial charge >= 0.3 is 12.2 Å². The summed E-state index contributed by atoms with van der Waals surface area (Å²) in [6.07, 6.45) is 3.35. The van der Waals surface area contributed by atoms with E-state index in [1.807, 2.05) is 11.0 Å². The van der Waals surface area contributed by atoms with Gasteiger partial charge in [0.2, 0.25) is 10.0 Å². The Morgan fingerprint density at radius 3 is 2.39 bits per heavy atom. The Morgan fingerprint density at radius 2 is 1.74 bits per heavy atom. The van der Waals surface area contributed by atoms with E-state index in [0.29, 0.717) is 43.7 Å². The molecule has 0 aliphatic carbocycles. The van der Waals surface area contributed by atoms with Gasteiger partial charge in [-0.25, -0.2) is 13.2 Å². The van der Waals surface area contributed by atoms with Crippen LogP contribution in [-0.2, 0) is 22.7 Å². The van der Waals surface area contributed by atoms with Crippen molar-refractivity contribution in [2.45, 2.75) is 56.8 Å². The lowest BCUT2D eigenvalue weighted by Crippen LogP contribution is -2.53. The van der Waals surface area contributed by atoms with Gasteiger partial charge in [-0.05, 0) is 68.8 Å². The van der Waals surface area contributed by atoms with Gasteiger partial charge in [0.15, 0.2) is 5.82 Å². The highest BCUT2D eigenvalue weighted by atomic mass is 32.2. The summed E-state index contributed by atoms with van der Waals surface area (Å²) in [4.78, 5) is 19.0. The first-order valence-corrected chi connectivity index (χ1v) is 14.9. The molecule has 2 aromatic rings. The topological polar surface area (TPSA) is 90.8 Å². The van der Waals surface area contributed by atoms with Crippen LogP contribution in [0.1, 0.15) is 49.7 Å². The number of carbonyl (C=O) groups excluding carboxylic acids is 1. The fourth-order valence-corrected chi connectivity index (χ4v) is 6.54. The van der Waals surface area contributed by atoms with Gasteiger partial charge in [-0.15, -0.1) is 5.10 Å². The van der Waals surface area contributed by atoms with Crippen molar-refractivity contribution in [2.75, 3.05) is 48.6 Å². The highest BCUT2D eigenvalue weighted by Crippen LogP contribution is 2.41. The monoisotopic (exact) mass is 554 g/mol. The van der Waals surface area contributed by atoms with Gasteiger partial charge in [-0.2, -0.15) is 17.9 Å². The van der Waals surface area contributed by atoms with Gasteiger partial charge < -0.3 is 9.80 Å². The second-order valence-corrected chi connectivity index (χ2v) is 12.4. The molecule has 3 fully saturated rings. The predicted molar refractivity (Wildman–Crippen MR) is 138 cm³/mol. The number of piperidine rings is 1. The summed E-state index contributed by atoms with van der Waals surface area (Å²) in [7, 11) is -3.50. The van der Waals surface area contributed by atoms with E-state index in [4.69, 9.17) is 0 Å². The lowest BCUT2D eigenvalue weighted by Gasteiger charge is -2.45. The number of alkyl halides is 3. The van der Waals surface area contributed by atoms with E-state index in [9.17, 15) is 26.4 Å². The lowest BCUT2D eigenvalue weighted by atomic mass is 9.84. The van der Waals surface area contributed by atoms with E-state index in [-0.39, 0.29) is 17.4 Å². The third kappa shape index (κ3) is 5.78. The number of likely N-dealkylation sites (tertiary alicyclic amines) is 2. The van der Waals surface area contributed by atoms with E-state index >= 15 is 0 Å². The molecule has 38 heavy (non-hydrogen) atoms. The third-order valence-electron chi connectivity index (χ3n) is 7.93. The number of halogens is 3. The van der Waals surface area contributed by atoms with Gasteiger partial charge in [0.05, 0.1) is 11.8 Å². The third-order valence-corrected chi connectivity index (χ3v) is 8.51. The van der Waals surface area contributed by atoms with Crippen LogP contribution in [0.5, 0.6) is 0 Å². The Balaban J connectivity index is 1.28.